The quantitative estimate of drug-likeness (QED) is 0.796. The van der Waals surface area contributed by atoms with Gasteiger partial charge in [0.2, 0.25) is 5.91 Å². The van der Waals surface area contributed by atoms with E-state index in [0.717, 1.165) is 42.6 Å². The first-order valence-corrected chi connectivity index (χ1v) is 8.61. The van der Waals surface area contributed by atoms with Crippen molar-refractivity contribution in [2.24, 2.45) is 0 Å². The summed E-state index contributed by atoms with van der Waals surface area (Å²) in [6, 6.07) is 5.92. The van der Waals surface area contributed by atoms with Gasteiger partial charge in [-0.1, -0.05) is 31.4 Å². The Morgan fingerprint density at radius 2 is 1.84 bits per heavy atom. The van der Waals surface area contributed by atoms with Crippen molar-refractivity contribution in [1.82, 2.24) is 15.5 Å². The number of hydrogen-bond acceptors (Lipinski definition) is 3. The maximum Gasteiger partial charge on any atom is 0.325 e. The Balaban J connectivity index is 1.66. The number of amides is 4. The van der Waals surface area contributed by atoms with Gasteiger partial charge < -0.3 is 10.6 Å². The third-order valence-electron chi connectivity index (χ3n) is 5.13. The van der Waals surface area contributed by atoms with Crippen LogP contribution in [0.15, 0.2) is 24.3 Å². The third kappa shape index (κ3) is 3.81. The highest BCUT2D eigenvalue weighted by Crippen LogP contribution is 2.39. The minimum Gasteiger partial charge on any atom is -0.354 e. The van der Waals surface area contributed by atoms with Crippen LogP contribution in [0, 0.1) is 5.82 Å². The molecule has 0 bridgehead atoms. The van der Waals surface area contributed by atoms with Crippen LogP contribution in [0.1, 0.15) is 37.7 Å². The van der Waals surface area contributed by atoms with Crippen LogP contribution in [0.5, 0.6) is 0 Å². The van der Waals surface area contributed by atoms with Crippen molar-refractivity contribution < 1.29 is 18.8 Å². The van der Waals surface area contributed by atoms with Crippen LogP contribution in [0.25, 0.3) is 0 Å². The lowest BCUT2D eigenvalue weighted by Crippen LogP contribution is -2.46. The van der Waals surface area contributed by atoms with Crippen LogP contribution in [0.3, 0.4) is 0 Å². The molecule has 1 saturated heterocycles. The van der Waals surface area contributed by atoms with Gasteiger partial charge in [0.1, 0.15) is 12.4 Å². The van der Waals surface area contributed by atoms with E-state index in [4.69, 9.17) is 0 Å². The van der Waals surface area contributed by atoms with E-state index in [1.54, 1.807) is 12.1 Å². The van der Waals surface area contributed by atoms with E-state index >= 15 is 0 Å². The number of nitrogens with one attached hydrogen (secondary N) is 2. The lowest BCUT2D eigenvalue weighted by molar-refractivity contribution is -0.130. The Hall–Kier alpha value is -2.44. The first-order valence-electron chi connectivity index (χ1n) is 8.61. The predicted octanol–water partition coefficient (Wildman–Crippen LogP) is 1.70. The number of imide groups is 1. The average Bonchev–Trinajstić information content (AvgIpc) is 2.93. The van der Waals surface area contributed by atoms with Crippen molar-refractivity contribution in [3.63, 3.8) is 0 Å². The number of carbonyl (C=O) groups is 3. The Morgan fingerprint density at radius 1 is 1.16 bits per heavy atom. The number of rotatable bonds is 5. The van der Waals surface area contributed by atoms with Crippen LogP contribution >= 0.6 is 0 Å². The molecule has 1 aromatic carbocycles. The smallest absolute Gasteiger partial charge is 0.325 e. The van der Waals surface area contributed by atoms with E-state index in [1.807, 2.05) is 0 Å². The van der Waals surface area contributed by atoms with Gasteiger partial charge in [0, 0.05) is 12.0 Å². The first kappa shape index (κ1) is 17.4. The van der Waals surface area contributed by atoms with Gasteiger partial charge in [0.05, 0.1) is 6.54 Å². The summed E-state index contributed by atoms with van der Waals surface area (Å²) in [5.41, 5.74) is 0.794. The topological polar surface area (TPSA) is 78.5 Å². The molecule has 0 aromatic heterocycles. The molecule has 134 valence electrons. The number of halogens is 1. The van der Waals surface area contributed by atoms with Crippen molar-refractivity contribution in [3.05, 3.63) is 35.6 Å². The minimum absolute atomic E-state index is 0.0639. The van der Waals surface area contributed by atoms with Crippen molar-refractivity contribution in [1.29, 1.82) is 0 Å². The zero-order valence-electron chi connectivity index (χ0n) is 14.0. The second kappa shape index (κ2) is 7.21. The maximum absolute atomic E-state index is 13.2. The molecule has 0 unspecified atom stereocenters. The second-order valence-corrected chi connectivity index (χ2v) is 6.76. The molecular formula is C18H22FN3O3. The zero-order chi connectivity index (χ0) is 17.9. The summed E-state index contributed by atoms with van der Waals surface area (Å²) in [5, 5.41) is 5.26. The summed E-state index contributed by atoms with van der Waals surface area (Å²) >= 11 is 0. The summed E-state index contributed by atoms with van der Waals surface area (Å²) in [7, 11) is 0. The molecule has 1 aliphatic carbocycles. The molecule has 1 saturated carbocycles. The zero-order valence-corrected chi connectivity index (χ0v) is 14.0. The van der Waals surface area contributed by atoms with Crippen molar-refractivity contribution in [2.75, 3.05) is 19.6 Å². The minimum atomic E-state index is -0.536. The monoisotopic (exact) mass is 347 g/mol. The molecule has 2 fully saturated rings. The highest BCUT2D eigenvalue weighted by Gasteiger charge is 2.35. The second-order valence-electron chi connectivity index (χ2n) is 6.76. The molecule has 1 aliphatic heterocycles. The van der Waals surface area contributed by atoms with Gasteiger partial charge in [-0.3, -0.25) is 14.5 Å². The fraction of sp³-hybridized carbons (Fsp3) is 0.500. The van der Waals surface area contributed by atoms with E-state index in [2.05, 4.69) is 10.6 Å². The van der Waals surface area contributed by atoms with E-state index in [1.165, 1.54) is 12.1 Å². The molecule has 3 rings (SSSR count). The van der Waals surface area contributed by atoms with Gasteiger partial charge in [0.25, 0.3) is 5.91 Å². The number of benzene rings is 1. The molecule has 1 heterocycles. The summed E-state index contributed by atoms with van der Waals surface area (Å²) < 4.78 is 13.2. The van der Waals surface area contributed by atoms with Crippen LogP contribution in [-0.4, -0.2) is 42.4 Å². The van der Waals surface area contributed by atoms with E-state index < -0.39 is 11.9 Å². The van der Waals surface area contributed by atoms with Gasteiger partial charge in [-0.15, -0.1) is 0 Å². The van der Waals surface area contributed by atoms with Crippen molar-refractivity contribution in [3.8, 4) is 0 Å². The molecule has 4 amide bonds. The van der Waals surface area contributed by atoms with Gasteiger partial charge in [0.15, 0.2) is 0 Å². The predicted molar refractivity (Wildman–Crippen MR) is 89.3 cm³/mol. The fourth-order valence-corrected chi connectivity index (χ4v) is 3.68. The fourth-order valence-electron chi connectivity index (χ4n) is 3.68. The van der Waals surface area contributed by atoms with Crippen LogP contribution in [0.2, 0.25) is 0 Å². The Labute approximate surface area is 145 Å². The van der Waals surface area contributed by atoms with Crippen molar-refractivity contribution >= 4 is 17.8 Å². The molecule has 1 aromatic rings. The number of hydrogen-bond donors (Lipinski definition) is 2. The van der Waals surface area contributed by atoms with Gasteiger partial charge in [-0.05, 0) is 30.5 Å². The normalized spacial score (nSPS) is 19.6. The molecule has 25 heavy (non-hydrogen) atoms. The molecule has 0 spiro atoms. The standard InChI is InChI=1S/C18H22FN3O3/c19-14-6-4-13(5-7-14)18(8-2-1-3-9-18)12-21-15(23)11-22-16(24)10-20-17(22)25/h4-7H,1-3,8-12H2,(H,20,25)(H,21,23). The lowest BCUT2D eigenvalue weighted by atomic mass is 9.69. The molecule has 0 radical (unpaired) electrons. The van der Waals surface area contributed by atoms with Crippen LogP contribution < -0.4 is 10.6 Å². The summed E-state index contributed by atoms with van der Waals surface area (Å²) in [5.74, 6) is -1.04. The van der Waals surface area contributed by atoms with E-state index in [9.17, 15) is 18.8 Å². The summed E-state index contributed by atoms with van der Waals surface area (Å²) in [6.45, 7) is 0.0803. The molecule has 2 aliphatic rings. The molecule has 2 N–H and O–H groups in total. The molecule has 7 heteroatoms. The maximum atomic E-state index is 13.2. The van der Waals surface area contributed by atoms with E-state index in [0.29, 0.717) is 6.54 Å². The number of nitrogens with zero attached hydrogens (tertiary/aromatic N) is 1. The molecule has 6 nitrogen and oxygen atoms in total. The SMILES string of the molecule is O=C(CN1C(=O)CNC1=O)NCC1(c2ccc(F)cc2)CCCCC1. The summed E-state index contributed by atoms with van der Waals surface area (Å²) in [6.07, 6.45) is 5.10. The number of urea groups is 1. The van der Waals surface area contributed by atoms with Gasteiger partial charge in [-0.2, -0.15) is 0 Å². The highest BCUT2D eigenvalue weighted by atomic mass is 19.1. The molecule has 0 atom stereocenters. The van der Waals surface area contributed by atoms with Crippen LogP contribution in [0.4, 0.5) is 9.18 Å². The van der Waals surface area contributed by atoms with Crippen LogP contribution in [-0.2, 0) is 15.0 Å². The average molecular weight is 347 g/mol. The molecular weight excluding hydrogens is 325 g/mol. The Kier molecular flexibility index (Phi) is 5.01. The number of carbonyl (C=O) groups excluding carboxylic acids is 3. The highest BCUT2D eigenvalue weighted by molar-refractivity contribution is 6.04. The van der Waals surface area contributed by atoms with Gasteiger partial charge in [-0.25, -0.2) is 9.18 Å². The van der Waals surface area contributed by atoms with Crippen molar-refractivity contribution in [2.45, 2.75) is 37.5 Å². The third-order valence-corrected chi connectivity index (χ3v) is 5.13. The first-order chi connectivity index (χ1) is 12.0. The lowest BCUT2D eigenvalue weighted by Gasteiger charge is -2.38. The Bertz CT molecular complexity index is 653. The Morgan fingerprint density at radius 3 is 2.44 bits per heavy atom. The van der Waals surface area contributed by atoms with E-state index in [-0.39, 0.29) is 30.2 Å². The summed E-state index contributed by atoms with van der Waals surface area (Å²) in [4.78, 5) is 36.2. The van der Waals surface area contributed by atoms with Gasteiger partial charge >= 0.3 is 6.03 Å². The largest absolute Gasteiger partial charge is 0.354 e.